The predicted octanol–water partition coefficient (Wildman–Crippen LogP) is 0.610. The molecule has 1 N–H and O–H groups in total. The molecular weight excluding hydrogens is 104 g/mol. The van der Waals surface area contributed by atoms with E-state index in [-0.39, 0.29) is 6.61 Å². The van der Waals surface area contributed by atoms with Gasteiger partial charge in [-0.1, -0.05) is 6.92 Å². The van der Waals surface area contributed by atoms with Crippen molar-refractivity contribution in [3.8, 4) is 0 Å². The third-order valence-corrected chi connectivity index (χ3v) is 0.786. The van der Waals surface area contributed by atoms with Crippen molar-refractivity contribution in [3.63, 3.8) is 0 Å². The van der Waals surface area contributed by atoms with Crippen LogP contribution in [0.5, 0.6) is 0 Å². The third kappa shape index (κ3) is 5.92. The van der Waals surface area contributed by atoms with Gasteiger partial charge in [-0.25, -0.2) is 0 Å². The second-order valence-electron chi connectivity index (χ2n) is 1.53. The summed E-state index contributed by atoms with van der Waals surface area (Å²) < 4.78 is 4.94. The van der Waals surface area contributed by atoms with E-state index in [0.717, 1.165) is 13.0 Å². The molecule has 0 amide bonds. The second-order valence-corrected chi connectivity index (χ2v) is 1.53. The van der Waals surface area contributed by atoms with Crippen molar-refractivity contribution in [2.24, 2.45) is 0 Å². The highest BCUT2D eigenvalue weighted by Gasteiger charge is 1.82. The second kappa shape index (κ2) is 6.92. The van der Waals surface area contributed by atoms with Gasteiger partial charge in [0.05, 0.1) is 13.2 Å². The summed E-state index contributed by atoms with van der Waals surface area (Å²) in [5, 5.41) is 8.23. The Hall–Kier alpha value is -0.0800. The van der Waals surface area contributed by atoms with E-state index in [4.69, 9.17) is 9.84 Å². The number of hydrogen-bond donors (Lipinski definition) is 1. The van der Waals surface area contributed by atoms with Crippen LogP contribution in [-0.4, -0.2) is 24.9 Å². The van der Waals surface area contributed by atoms with Gasteiger partial charge in [-0.2, -0.15) is 0 Å². The summed E-state index contributed by atoms with van der Waals surface area (Å²) in [7, 11) is 0. The lowest BCUT2D eigenvalue weighted by Crippen LogP contribution is -1.99. The van der Waals surface area contributed by atoms with Gasteiger partial charge in [-0.15, -0.1) is 0 Å². The summed E-state index contributed by atoms with van der Waals surface area (Å²) in [4.78, 5) is 0. The highest BCUT2D eigenvalue weighted by Crippen LogP contribution is 1.84. The molecule has 0 bridgehead atoms. The molecule has 0 atom stereocenters. The Balaban J connectivity index is 2.53. The summed E-state index contributed by atoms with van der Waals surface area (Å²) in [6.45, 7) is 3.32. The first-order chi connectivity index (χ1) is 3.91. The van der Waals surface area contributed by atoms with Gasteiger partial charge in [-0.05, 0) is 12.8 Å². The van der Waals surface area contributed by atoms with E-state index in [0.29, 0.717) is 6.61 Å². The van der Waals surface area contributed by atoms with Crippen LogP contribution >= 0.6 is 0 Å². The van der Waals surface area contributed by atoms with Gasteiger partial charge in [0.25, 0.3) is 0 Å². The van der Waals surface area contributed by atoms with E-state index < -0.39 is 0 Å². The standard InChI is InChI=1S/C6H13O2/c1-2-3-5-8-6-4-7/h2,7H,3-6H2,1H3. The minimum absolute atomic E-state index is 0.129. The molecule has 2 heteroatoms. The first kappa shape index (κ1) is 7.92. The molecule has 0 fully saturated rings. The molecule has 49 valence electrons. The zero-order chi connectivity index (χ0) is 6.24. The van der Waals surface area contributed by atoms with Gasteiger partial charge < -0.3 is 9.84 Å². The monoisotopic (exact) mass is 117 g/mol. The fourth-order valence-electron chi connectivity index (χ4n) is 0.368. The smallest absolute Gasteiger partial charge is 0.0697 e. The summed E-state index contributed by atoms with van der Waals surface area (Å²) >= 11 is 0. The maximum Gasteiger partial charge on any atom is 0.0697 e. The lowest BCUT2D eigenvalue weighted by Gasteiger charge is -1.97. The highest BCUT2D eigenvalue weighted by molar-refractivity contribution is 4.52. The molecule has 1 radical (unpaired) electrons. The van der Waals surface area contributed by atoms with E-state index in [9.17, 15) is 0 Å². The summed E-state index contributed by atoms with van der Waals surface area (Å²) in [6.07, 6.45) is 3.01. The molecule has 0 aliphatic rings. The van der Waals surface area contributed by atoms with Crippen LogP contribution in [0.15, 0.2) is 0 Å². The molecule has 0 aliphatic carbocycles. The lowest BCUT2D eigenvalue weighted by molar-refractivity contribution is 0.0941. The maximum atomic E-state index is 8.23. The van der Waals surface area contributed by atoms with Crippen LogP contribution in [0.2, 0.25) is 0 Å². The predicted molar refractivity (Wildman–Crippen MR) is 32.5 cm³/mol. The number of rotatable bonds is 5. The molecule has 8 heavy (non-hydrogen) atoms. The van der Waals surface area contributed by atoms with Crippen LogP contribution in [0, 0.1) is 6.42 Å². The Labute approximate surface area is 50.5 Å². The third-order valence-electron chi connectivity index (χ3n) is 0.786. The molecule has 0 aromatic rings. The van der Waals surface area contributed by atoms with Gasteiger partial charge in [0.2, 0.25) is 0 Å². The number of aliphatic hydroxyl groups excluding tert-OH is 1. The van der Waals surface area contributed by atoms with E-state index in [1.165, 1.54) is 0 Å². The normalized spacial score (nSPS) is 9.75. The number of ether oxygens (including phenoxy) is 1. The number of hydrogen-bond acceptors (Lipinski definition) is 2. The Kier molecular flexibility index (Phi) is 6.85. The van der Waals surface area contributed by atoms with Crippen LogP contribution in [0.1, 0.15) is 13.3 Å². The molecule has 0 saturated heterocycles. The zero-order valence-corrected chi connectivity index (χ0v) is 5.26. The van der Waals surface area contributed by atoms with Crippen molar-refractivity contribution in [2.75, 3.05) is 19.8 Å². The number of unbranched alkanes of at least 4 members (excludes halogenated alkanes) is 1. The molecule has 0 aliphatic heterocycles. The van der Waals surface area contributed by atoms with Crippen LogP contribution < -0.4 is 0 Å². The summed E-state index contributed by atoms with van der Waals surface area (Å²) in [5.74, 6) is 0. The summed E-state index contributed by atoms with van der Waals surface area (Å²) in [6, 6.07) is 0. The lowest BCUT2D eigenvalue weighted by atomic mass is 10.4. The molecular formula is C6H13O2. The molecule has 0 rings (SSSR count). The molecule has 0 aromatic heterocycles. The fraction of sp³-hybridized carbons (Fsp3) is 0.833. The molecule has 2 nitrogen and oxygen atoms in total. The minimum Gasteiger partial charge on any atom is -0.394 e. The van der Waals surface area contributed by atoms with Gasteiger partial charge in [0.15, 0.2) is 0 Å². The maximum absolute atomic E-state index is 8.23. The molecule has 0 spiro atoms. The van der Waals surface area contributed by atoms with Crippen molar-refractivity contribution >= 4 is 0 Å². The average molecular weight is 117 g/mol. The Morgan fingerprint density at radius 2 is 2.25 bits per heavy atom. The Morgan fingerprint density at radius 1 is 1.50 bits per heavy atom. The van der Waals surface area contributed by atoms with Crippen LogP contribution in [0.3, 0.4) is 0 Å². The average Bonchev–Trinajstić information content (AvgIpc) is 1.81. The van der Waals surface area contributed by atoms with Crippen molar-refractivity contribution in [3.05, 3.63) is 6.42 Å². The SMILES string of the molecule is C[CH]CCOCCO. The van der Waals surface area contributed by atoms with Crippen molar-refractivity contribution in [1.82, 2.24) is 0 Å². The van der Waals surface area contributed by atoms with Gasteiger partial charge in [0.1, 0.15) is 0 Å². The molecule has 0 heterocycles. The Bertz CT molecular complexity index is 31.5. The van der Waals surface area contributed by atoms with E-state index in [1.807, 2.05) is 13.3 Å². The van der Waals surface area contributed by atoms with Crippen LogP contribution in [0.25, 0.3) is 0 Å². The zero-order valence-electron chi connectivity index (χ0n) is 5.26. The molecule has 0 unspecified atom stereocenters. The quantitative estimate of drug-likeness (QED) is 0.534. The van der Waals surface area contributed by atoms with E-state index in [2.05, 4.69) is 0 Å². The topological polar surface area (TPSA) is 29.5 Å². The van der Waals surface area contributed by atoms with E-state index in [1.54, 1.807) is 0 Å². The van der Waals surface area contributed by atoms with Gasteiger partial charge in [0, 0.05) is 6.61 Å². The van der Waals surface area contributed by atoms with Gasteiger partial charge in [-0.3, -0.25) is 0 Å². The van der Waals surface area contributed by atoms with Crippen molar-refractivity contribution in [1.29, 1.82) is 0 Å². The van der Waals surface area contributed by atoms with Crippen molar-refractivity contribution < 1.29 is 9.84 Å². The summed E-state index contributed by atoms with van der Waals surface area (Å²) in [5.41, 5.74) is 0. The first-order valence-corrected chi connectivity index (χ1v) is 2.88. The fourth-order valence-corrected chi connectivity index (χ4v) is 0.368. The van der Waals surface area contributed by atoms with E-state index >= 15 is 0 Å². The first-order valence-electron chi connectivity index (χ1n) is 2.88. The molecule has 0 aromatic carbocycles. The minimum atomic E-state index is 0.129. The van der Waals surface area contributed by atoms with Crippen molar-refractivity contribution in [2.45, 2.75) is 13.3 Å². The number of aliphatic hydroxyl groups is 1. The largest absolute Gasteiger partial charge is 0.394 e. The van der Waals surface area contributed by atoms with Gasteiger partial charge >= 0.3 is 0 Å². The van der Waals surface area contributed by atoms with Crippen LogP contribution in [-0.2, 0) is 4.74 Å². The molecule has 0 saturated carbocycles. The highest BCUT2D eigenvalue weighted by atomic mass is 16.5. The van der Waals surface area contributed by atoms with Crippen LogP contribution in [0.4, 0.5) is 0 Å². The Morgan fingerprint density at radius 3 is 2.75 bits per heavy atom.